The van der Waals surface area contributed by atoms with E-state index in [9.17, 15) is 4.79 Å². The fourth-order valence-electron chi connectivity index (χ4n) is 3.39. The van der Waals surface area contributed by atoms with Gasteiger partial charge in [0.25, 0.3) is 5.91 Å². The maximum atomic E-state index is 12.3. The molecule has 0 fully saturated rings. The molecule has 3 aromatic carbocycles. The third kappa shape index (κ3) is 4.94. The Bertz CT molecular complexity index is 1250. The number of carbonyl (C=O) groups excluding carboxylic acids is 1. The Hall–Kier alpha value is -3.31. The smallest absolute Gasteiger partial charge is 0.262 e. The van der Waals surface area contributed by atoms with Crippen LogP contribution in [-0.2, 0) is 4.79 Å². The molecule has 0 aliphatic rings. The zero-order valence-corrected chi connectivity index (χ0v) is 19.1. The van der Waals surface area contributed by atoms with Gasteiger partial charge >= 0.3 is 0 Å². The molecule has 0 saturated heterocycles. The molecule has 0 spiro atoms. The summed E-state index contributed by atoms with van der Waals surface area (Å²) in [5.74, 6) is 1.36. The van der Waals surface area contributed by atoms with Crippen LogP contribution in [0.4, 0.5) is 5.69 Å². The number of ether oxygens (including phenoxy) is 1. The van der Waals surface area contributed by atoms with E-state index in [-0.39, 0.29) is 12.5 Å². The Kier molecular flexibility index (Phi) is 6.47. The predicted octanol–water partition coefficient (Wildman–Crippen LogP) is 6.99. The monoisotopic (exact) mass is 448 g/mol. The molecule has 0 aliphatic heterocycles. The van der Waals surface area contributed by atoms with Crippen molar-refractivity contribution in [1.82, 2.24) is 4.98 Å². The Morgan fingerprint density at radius 1 is 1.12 bits per heavy atom. The number of aromatic nitrogens is 1. The summed E-state index contributed by atoms with van der Waals surface area (Å²) in [7, 11) is 0. The van der Waals surface area contributed by atoms with Gasteiger partial charge in [0, 0.05) is 5.69 Å². The van der Waals surface area contributed by atoms with E-state index in [4.69, 9.17) is 20.8 Å². The van der Waals surface area contributed by atoms with Gasteiger partial charge in [-0.3, -0.25) is 4.79 Å². The number of carbonyl (C=O) groups is 1. The quantitative estimate of drug-likeness (QED) is 0.331. The number of rotatable bonds is 7. The fraction of sp³-hybridized carbons (Fsp3) is 0.231. The van der Waals surface area contributed by atoms with Crippen LogP contribution in [0.15, 0.2) is 65.1 Å². The summed E-state index contributed by atoms with van der Waals surface area (Å²) in [5.41, 5.74) is 4.92. The van der Waals surface area contributed by atoms with Crippen molar-refractivity contribution in [2.45, 2.75) is 33.1 Å². The van der Waals surface area contributed by atoms with Gasteiger partial charge in [-0.25, -0.2) is 4.98 Å². The van der Waals surface area contributed by atoms with Gasteiger partial charge in [-0.2, -0.15) is 0 Å². The number of benzene rings is 3. The Balaban J connectivity index is 1.41. The second-order valence-electron chi connectivity index (χ2n) is 7.90. The Labute approximate surface area is 192 Å². The van der Waals surface area contributed by atoms with Gasteiger partial charge in [0.15, 0.2) is 12.2 Å². The number of oxazole rings is 1. The maximum Gasteiger partial charge on any atom is 0.262 e. The summed E-state index contributed by atoms with van der Waals surface area (Å²) < 4.78 is 11.5. The van der Waals surface area contributed by atoms with Crippen LogP contribution in [-0.4, -0.2) is 17.5 Å². The Morgan fingerprint density at radius 3 is 2.62 bits per heavy atom. The fourth-order valence-corrected chi connectivity index (χ4v) is 3.70. The molecular weight excluding hydrogens is 424 g/mol. The van der Waals surface area contributed by atoms with Crippen LogP contribution in [0.5, 0.6) is 5.75 Å². The first kappa shape index (κ1) is 21.9. The molecule has 4 rings (SSSR count). The molecular formula is C26H25ClN2O3. The molecule has 1 N–H and O–H groups in total. The lowest BCUT2D eigenvalue weighted by Gasteiger charge is -2.11. The number of nitrogens with one attached hydrogen (secondary N) is 1. The molecule has 4 aromatic rings. The average molecular weight is 449 g/mol. The maximum absolute atomic E-state index is 12.3. The number of fused-ring (bicyclic) bond motifs is 1. The molecule has 0 aliphatic carbocycles. The molecule has 164 valence electrons. The predicted molar refractivity (Wildman–Crippen MR) is 128 cm³/mol. The molecule has 0 unspecified atom stereocenters. The molecule has 1 aromatic heterocycles. The Morgan fingerprint density at radius 2 is 1.91 bits per heavy atom. The van der Waals surface area contributed by atoms with Crippen molar-refractivity contribution in [2.24, 2.45) is 0 Å². The minimum atomic E-state index is -0.249. The minimum Gasteiger partial charge on any atom is -0.484 e. The van der Waals surface area contributed by atoms with Crippen LogP contribution in [0.25, 0.3) is 22.6 Å². The largest absolute Gasteiger partial charge is 0.484 e. The summed E-state index contributed by atoms with van der Waals surface area (Å²) in [6.07, 6.45) is 1.08. The molecule has 0 saturated carbocycles. The number of halogens is 1. The van der Waals surface area contributed by atoms with Crippen molar-refractivity contribution >= 4 is 34.3 Å². The summed E-state index contributed by atoms with van der Waals surface area (Å²) in [5, 5.41) is 3.42. The highest BCUT2D eigenvalue weighted by atomic mass is 35.5. The van der Waals surface area contributed by atoms with E-state index in [1.54, 1.807) is 18.2 Å². The van der Waals surface area contributed by atoms with Crippen molar-refractivity contribution < 1.29 is 13.9 Å². The number of hydrogen-bond acceptors (Lipinski definition) is 4. The summed E-state index contributed by atoms with van der Waals surface area (Å²) in [4.78, 5) is 16.9. The number of hydrogen-bond donors (Lipinski definition) is 1. The van der Waals surface area contributed by atoms with Crippen LogP contribution in [0.2, 0.25) is 5.02 Å². The van der Waals surface area contributed by atoms with Gasteiger partial charge in [-0.05, 0) is 72.9 Å². The molecule has 0 radical (unpaired) electrons. The van der Waals surface area contributed by atoms with Crippen molar-refractivity contribution in [3.63, 3.8) is 0 Å². The lowest BCUT2D eigenvalue weighted by molar-refractivity contribution is -0.118. The van der Waals surface area contributed by atoms with Crippen LogP contribution in [0.3, 0.4) is 0 Å². The zero-order chi connectivity index (χ0) is 22.7. The lowest BCUT2D eigenvalue weighted by Crippen LogP contribution is -2.20. The van der Waals surface area contributed by atoms with Gasteiger partial charge in [-0.1, -0.05) is 43.6 Å². The summed E-state index contributed by atoms with van der Waals surface area (Å²) >= 11 is 6.34. The van der Waals surface area contributed by atoms with E-state index in [0.29, 0.717) is 39.4 Å². The molecule has 1 atom stereocenters. The van der Waals surface area contributed by atoms with E-state index >= 15 is 0 Å². The molecule has 1 heterocycles. The molecule has 5 nitrogen and oxygen atoms in total. The lowest BCUT2D eigenvalue weighted by atomic mass is 9.99. The second-order valence-corrected chi connectivity index (χ2v) is 8.31. The van der Waals surface area contributed by atoms with Crippen molar-refractivity contribution in [2.75, 3.05) is 11.9 Å². The van der Waals surface area contributed by atoms with Crippen LogP contribution in [0.1, 0.15) is 37.3 Å². The van der Waals surface area contributed by atoms with Crippen LogP contribution in [0, 0.1) is 6.92 Å². The molecule has 1 amide bonds. The first-order valence-electron chi connectivity index (χ1n) is 10.6. The van der Waals surface area contributed by atoms with E-state index in [0.717, 1.165) is 17.5 Å². The van der Waals surface area contributed by atoms with Crippen LogP contribution < -0.4 is 10.1 Å². The highest BCUT2D eigenvalue weighted by Crippen LogP contribution is 2.31. The SMILES string of the molecule is CC[C@H](C)c1ccc(OCC(=O)Nc2ccc3oc(-c4ccc(C)cc4Cl)nc3c2)cc1. The van der Waals surface area contributed by atoms with Gasteiger partial charge < -0.3 is 14.5 Å². The number of nitrogens with zero attached hydrogens (tertiary/aromatic N) is 1. The topological polar surface area (TPSA) is 64.4 Å². The van der Waals surface area contributed by atoms with E-state index < -0.39 is 0 Å². The normalized spacial score (nSPS) is 12.0. The summed E-state index contributed by atoms with van der Waals surface area (Å²) in [6.45, 7) is 6.24. The first-order valence-corrected chi connectivity index (χ1v) is 11.0. The van der Waals surface area contributed by atoms with E-state index in [1.165, 1.54) is 5.56 Å². The van der Waals surface area contributed by atoms with Gasteiger partial charge in [-0.15, -0.1) is 0 Å². The van der Waals surface area contributed by atoms with Crippen LogP contribution >= 0.6 is 11.6 Å². The average Bonchev–Trinajstić information content (AvgIpc) is 3.20. The van der Waals surface area contributed by atoms with Gasteiger partial charge in [0.05, 0.1) is 10.6 Å². The van der Waals surface area contributed by atoms with Crippen molar-refractivity contribution in [3.05, 3.63) is 76.8 Å². The third-order valence-corrected chi connectivity index (χ3v) is 5.77. The first-order chi connectivity index (χ1) is 15.4. The molecule has 0 bridgehead atoms. The van der Waals surface area contributed by atoms with E-state index in [1.807, 2.05) is 49.4 Å². The number of anilines is 1. The minimum absolute atomic E-state index is 0.0796. The third-order valence-electron chi connectivity index (χ3n) is 5.46. The number of aryl methyl sites for hydroxylation is 1. The molecule has 32 heavy (non-hydrogen) atoms. The highest BCUT2D eigenvalue weighted by molar-refractivity contribution is 6.33. The highest BCUT2D eigenvalue weighted by Gasteiger charge is 2.13. The number of amides is 1. The van der Waals surface area contributed by atoms with Gasteiger partial charge in [0.2, 0.25) is 5.89 Å². The van der Waals surface area contributed by atoms with Gasteiger partial charge in [0.1, 0.15) is 11.3 Å². The van der Waals surface area contributed by atoms with E-state index in [2.05, 4.69) is 24.1 Å². The van der Waals surface area contributed by atoms with Crippen molar-refractivity contribution in [3.8, 4) is 17.2 Å². The standard InChI is InChI=1S/C26H25ClN2O3/c1-4-17(3)18-6-9-20(10-7-18)31-15-25(30)28-19-8-12-24-23(14-19)29-26(32-24)21-11-5-16(2)13-22(21)27/h5-14,17H,4,15H2,1-3H3,(H,28,30)/t17-/m0/s1. The zero-order valence-electron chi connectivity index (χ0n) is 18.3. The summed E-state index contributed by atoms with van der Waals surface area (Å²) in [6, 6.07) is 18.9. The van der Waals surface area contributed by atoms with Crippen molar-refractivity contribution in [1.29, 1.82) is 0 Å². The second kappa shape index (κ2) is 9.45. The molecule has 6 heteroatoms.